The summed E-state index contributed by atoms with van der Waals surface area (Å²) in [5.74, 6) is 0.616. The Morgan fingerprint density at radius 3 is 2.65 bits per heavy atom. The highest BCUT2D eigenvalue weighted by atomic mass is 32.1. The second kappa shape index (κ2) is 4.67. The molecule has 0 aromatic carbocycles. The number of nitrogens with zero attached hydrogens (tertiary/aromatic N) is 2. The molecule has 2 atom stereocenters. The molecular weight excluding hydrogens is 230 g/mol. The Morgan fingerprint density at radius 2 is 2.18 bits per heavy atom. The lowest BCUT2D eigenvalue weighted by Gasteiger charge is -2.15. The summed E-state index contributed by atoms with van der Waals surface area (Å²) >= 11 is 1.84. The highest BCUT2D eigenvalue weighted by molar-refractivity contribution is 7.11. The topological polar surface area (TPSA) is 42.2 Å². The Bertz CT molecular complexity index is 370. The summed E-state index contributed by atoms with van der Waals surface area (Å²) in [6, 6.07) is 0.338. The minimum Gasteiger partial charge on any atom is -0.326 e. The molecule has 2 N–H and O–H groups in total. The van der Waals surface area contributed by atoms with Crippen LogP contribution >= 0.6 is 11.3 Å². The lowest BCUT2D eigenvalue weighted by molar-refractivity contribution is 0.321. The minimum absolute atomic E-state index is 0.164. The fourth-order valence-electron chi connectivity index (χ4n) is 2.17. The molecule has 1 aromatic heterocycles. The molecule has 2 rings (SSSR count). The molecule has 1 saturated heterocycles. The molecule has 0 saturated carbocycles. The molecule has 17 heavy (non-hydrogen) atoms. The summed E-state index contributed by atoms with van der Waals surface area (Å²) in [6.45, 7) is 12.0. The predicted octanol–water partition coefficient (Wildman–Crippen LogP) is 2.22. The Hall–Kier alpha value is -0.450. The van der Waals surface area contributed by atoms with E-state index in [0.717, 1.165) is 19.6 Å². The summed E-state index contributed by atoms with van der Waals surface area (Å²) < 4.78 is 0. The maximum atomic E-state index is 6.04. The van der Waals surface area contributed by atoms with E-state index in [0.29, 0.717) is 12.0 Å². The van der Waals surface area contributed by atoms with Crippen LogP contribution in [-0.2, 0) is 12.0 Å². The predicted molar refractivity (Wildman–Crippen MR) is 73.2 cm³/mol. The van der Waals surface area contributed by atoms with Gasteiger partial charge in [0.05, 0.1) is 5.01 Å². The second-order valence-electron chi connectivity index (χ2n) is 6.22. The molecule has 0 spiro atoms. The van der Waals surface area contributed by atoms with E-state index in [2.05, 4.69) is 37.6 Å². The molecule has 0 radical (unpaired) electrons. The lowest BCUT2D eigenvalue weighted by Crippen LogP contribution is -2.28. The molecule has 96 valence electrons. The fraction of sp³-hybridized carbons (Fsp3) is 0.769. The molecular formula is C13H23N3S. The van der Waals surface area contributed by atoms with E-state index in [-0.39, 0.29) is 5.41 Å². The van der Waals surface area contributed by atoms with Crippen molar-refractivity contribution < 1.29 is 0 Å². The van der Waals surface area contributed by atoms with E-state index >= 15 is 0 Å². The summed E-state index contributed by atoms with van der Waals surface area (Å²) in [6.07, 6.45) is 2.03. The van der Waals surface area contributed by atoms with E-state index in [1.165, 1.54) is 9.88 Å². The summed E-state index contributed by atoms with van der Waals surface area (Å²) in [7, 11) is 0. The Labute approximate surface area is 108 Å². The molecule has 3 nitrogen and oxygen atoms in total. The summed E-state index contributed by atoms with van der Waals surface area (Å²) in [4.78, 5) is 8.33. The molecule has 1 aliphatic rings. The van der Waals surface area contributed by atoms with Crippen LogP contribution in [0.2, 0.25) is 0 Å². The van der Waals surface area contributed by atoms with Crippen molar-refractivity contribution >= 4 is 11.3 Å². The third kappa shape index (κ3) is 3.06. The number of hydrogen-bond acceptors (Lipinski definition) is 4. The zero-order valence-corrected chi connectivity index (χ0v) is 12.0. The van der Waals surface area contributed by atoms with Crippen molar-refractivity contribution in [1.29, 1.82) is 0 Å². The number of aromatic nitrogens is 1. The van der Waals surface area contributed by atoms with Crippen molar-refractivity contribution in [3.8, 4) is 0 Å². The van der Waals surface area contributed by atoms with Crippen LogP contribution in [0.5, 0.6) is 0 Å². The molecule has 0 amide bonds. The SMILES string of the molecule is CC1CN(Cc2cnc(C(C)(C)C)s2)CC1N. The number of thiazole rings is 1. The maximum Gasteiger partial charge on any atom is 0.0981 e. The smallest absolute Gasteiger partial charge is 0.0981 e. The summed E-state index contributed by atoms with van der Waals surface area (Å²) in [5, 5.41) is 1.23. The van der Waals surface area contributed by atoms with Crippen molar-refractivity contribution in [2.24, 2.45) is 11.7 Å². The third-order valence-electron chi connectivity index (χ3n) is 3.32. The summed E-state index contributed by atoms with van der Waals surface area (Å²) in [5.41, 5.74) is 6.21. The van der Waals surface area contributed by atoms with Crippen molar-refractivity contribution in [3.63, 3.8) is 0 Å². The van der Waals surface area contributed by atoms with Crippen molar-refractivity contribution in [3.05, 3.63) is 16.1 Å². The molecule has 1 aromatic rings. The number of rotatable bonds is 2. The van der Waals surface area contributed by atoms with E-state index in [4.69, 9.17) is 5.73 Å². The van der Waals surface area contributed by atoms with Gasteiger partial charge in [-0.2, -0.15) is 0 Å². The zero-order chi connectivity index (χ0) is 12.6. The first-order valence-electron chi connectivity index (χ1n) is 6.29. The van der Waals surface area contributed by atoms with Crippen LogP contribution in [0.1, 0.15) is 37.6 Å². The van der Waals surface area contributed by atoms with E-state index in [9.17, 15) is 0 Å². The number of likely N-dealkylation sites (tertiary alicyclic amines) is 1. The van der Waals surface area contributed by atoms with Crippen LogP contribution in [0.3, 0.4) is 0 Å². The van der Waals surface area contributed by atoms with Gasteiger partial charge in [0.15, 0.2) is 0 Å². The Kier molecular flexibility index (Phi) is 3.57. The van der Waals surface area contributed by atoms with Gasteiger partial charge in [-0.25, -0.2) is 4.98 Å². The molecule has 1 fully saturated rings. The van der Waals surface area contributed by atoms with Crippen molar-refractivity contribution in [2.75, 3.05) is 13.1 Å². The van der Waals surface area contributed by atoms with Crippen molar-refractivity contribution in [2.45, 2.75) is 45.7 Å². The first kappa shape index (κ1) is 13.0. The first-order chi connectivity index (χ1) is 7.86. The van der Waals surface area contributed by atoms with Crippen LogP contribution in [0.4, 0.5) is 0 Å². The van der Waals surface area contributed by atoms with Gasteiger partial charge in [-0.05, 0) is 5.92 Å². The number of hydrogen-bond donors (Lipinski definition) is 1. The Morgan fingerprint density at radius 1 is 1.47 bits per heavy atom. The molecule has 0 bridgehead atoms. The lowest BCUT2D eigenvalue weighted by atomic mass is 9.98. The molecule has 0 aliphatic carbocycles. The van der Waals surface area contributed by atoms with Crippen LogP contribution in [-0.4, -0.2) is 29.0 Å². The van der Waals surface area contributed by atoms with Gasteiger partial charge in [-0.1, -0.05) is 27.7 Å². The highest BCUT2D eigenvalue weighted by Gasteiger charge is 2.27. The zero-order valence-electron chi connectivity index (χ0n) is 11.2. The van der Waals surface area contributed by atoms with Crippen LogP contribution in [0.15, 0.2) is 6.20 Å². The third-order valence-corrected chi connectivity index (χ3v) is 4.73. The minimum atomic E-state index is 0.164. The highest BCUT2D eigenvalue weighted by Crippen LogP contribution is 2.28. The average Bonchev–Trinajstić information content (AvgIpc) is 2.75. The van der Waals surface area contributed by atoms with E-state index < -0.39 is 0 Å². The maximum absolute atomic E-state index is 6.04. The van der Waals surface area contributed by atoms with Gasteiger partial charge in [-0.3, -0.25) is 4.90 Å². The van der Waals surface area contributed by atoms with Gasteiger partial charge in [0.1, 0.15) is 0 Å². The van der Waals surface area contributed by atoms with Gasteiger partial charge in [-0.15, -0.1) is 11.3 Å². The van der Waals surface area contributed by atoms with E-state index in [1.807, 2.05) is 17.5 Å². The number of nitrogens with two attached hydrogens (primary N) is 1. The normalized spacial score (nSPS) is 26.6. The van der Waals surface area contributed by atoms with Crippen molar-refractivity contribution in [1.82, 2.24) is 9.88 Å². The van der Waals surface area contributed by atoms with Crippen LogP contribution in [0, 0.1) is 5.92 Å². The standard InChI is InChI=1S/C13H23N3S/c1-9-6-16(8-11(9)14)7-10-5-15-12(17-10)13(2,3)4/h5,9,11H,6-8,14H2,1-4H3. The van der Waals surface area contributed by atoms with E-state index in [1.54, 1.807) is 0 Å². The molecule has 4 heteroatoms. The monoisotopic (exact) mass is 253 g/mol. The van der Waals surface area contributed by atoms with Crippen LogP contribution < -0.4 is 5.73 Å². The quantitative estimate of drug-likeness (QED) is 0.879. The van der Waals surface area contributed by atoms with Gasteiger partial charge >= 0.3 is 0 Å². The Balaban J connectivity index is 1.98. The largest absolute Gasteiger partial charge is 0.326 e. The van der Waals surface area contributed by atoms with Crippen LogP contribution in [0.25, 0.3) is 0 Å². The first-order valence-corrected chi connectivity index (χ1v) is 7.11. The van der Waals surface area contributed by atoms with Gasteiger partial charge < -0.3 is 5.73 Å². The van der Waals surface area contributed by atoms with Gasteiger partial charge in [0, 0.05) is 42.2 Å². The molecule has 2 unspecified atom stereocenters. The average molecular weight is 253 g/mol. The fourth-order valence-corrected chi connectivity index (χ4v) is 3.18. The molecule has 1 aliphatic heterocycles. The van der Waals surface area contributed by atoms with Gasteiger partial charge in [0.2, 0.25) is 0 Å². The second-order valence-corrected chi connectivity index (χ2v) is 7.33. The molecule has 2 heterocycles. The van der Waals surface area contributed by atoms with Gasteiger partial charge in [0.25, 0.3) is 0 Å².